The van der Waals surface area contributed by atoms with E-state index in [0.717, 1.165) is 24.8 Å². The Kier molecular flexibility index (Phi) is 10.4. The minimum atomic E-state index is -3.44. The molecule has 1 aromatic rings. The molecule has 160 valence electrons. The Morgan fingerprint density at radius 2 is 1.75 bits per heavy atom. The molecule has 2 atom stereocenters. The lowest BCUT2D eigenvalue weighted by atomic mass is 9.84. The highest BCUT2D eigenvalue weighted by molar-refractivity contribution is 7.89. The Morgan fingerprint density at radius 1 is 1.14 bits per heavy atom. The zero-order valence-electron chi connectivity index (χ0n) is 16.9. The molecule has 1 saturated carbocycles. The van der Waals surface area contributed by atoms with Gasteiger partial charge >= 0.3 is 0 Å². The second-order valence-electron chi connectivity index (χ2n) is 7.19. The average molecular weight is 432 g/mol. The Balaban J connectivity index is 0.00000392. The van der Waals surface area contributed by atoms with Crippen LogP contribution in [0.15, 0.2) is 29.2 Å². The van der Waals surface area contributed by atoms with E-state index in [-0.39, 0.29) is 24.4 Å². The van der Waals surface area contributed by atoms with Crippen LogP contribution in [0.5, 0.6) is 0 Å². The maximum atomic E-state index is 12.5. The van der Waals surface area contributed by atoms with Crippen LogP contribution in [-0.4, -0.2) is 44.3 Å². The summed E-state index contributed by atoms with van der Waals surface area (Å²) < 4.78 is 26.4. The lowest BCUT2D eigenvalue weighted by Gasteiger charge is -2.31. The van der Waals surface area contributed by atoms with E-state index in [1.807, 2.05) is 13.8 Å². The highest BCUT2D eigenvalue weighted by atomic mass is 35.5. The van der Waals surface area contributed by atoms with Gasteiger partial charge in [0.15, 0.2) is 0 Å². The fourth-order valence-corrected chi connectivity index (χ4v) is 5.22. The number of halogens is 1. The first-order chi connectivity index (χ1) is 12.9. The summed E-state index contributed by atoms with van der Waals surface area (Å²) in [5.41, 5.74) is 6.78. The number of carbonyl (C=O) groups is 1. The predicted octanol–water partition coefficient (Wildman–Crippen LogP) is 2.71. The predicted molar refractivity (Wildman–Crippen MR) is 115 cm³/mol. The summed E-state index contributed by atoms with van der Waals surface area (Å²) in [6.07, 6.45) is 5.42. The summed E-state index contributed by atoms with van der Waals surface area (Å²) in [6, 6.07) is 7.05. The summed E-state index contributed by atoms with van der Waals surface area (Å²) >= 11 is 0. The Labute approximate surface area is 175 Å². The smallest absolute Gasteiger partial charge is 0.243 e. The molecule has 28 heavy (non-hydrogen) atoms. The van der Waals surface area contributed by atoms with E-state index < -0.39 is 10.0 Å². The average Bonchev–Trinajstić information content (AvgIpc) is 2.68. The van der Waals surface area contributed by atoms with Crippen molar-refractivity contribution in [2.75, 3.05) is 19.6 Å². The van der Waals surface area contributed by atoms with Crippen LogP contribution in [0.3, 0.4) is 0 Å². The first-order valence-corrected chi connectivity index (χ1v) is 11.4. The molecule has 0 radical (unpaired) electrons. The van der Waals surface area contributed by atoms with Gasteiger partial charge < -0.3 is 11.1 Å². The molecule has 2 unspecified atom stereocenters. The van der Waals surface area contributed by atoms with Crippen molar-refractivity contribution in [1.82, 2.24) is 9.62 Å². The van der Waals surface area contributed by atoms with Gasteiger partial charge in [0.2, 0.25) is 15.9 Å². The van der Waals surface area contributed by atoms with E-state index in [1.54, 1.807) is 24.3 Å². The number of nitrogens with one attached hydrogen (secondary N) is 1. The molecule has 1 fully saturated rings. The molecular weight excluding hydrogens is 398 g/mol. The van der Waals surface area contributed by atoms with Gasteiger partial charge in [0.05, 0.1) is 4.90 Å². The first kappa shape index (κ1) is 24.9. The molecule has 0 spiro atoms. The Hall–Kier alpha value is -1.15. The van der Waals surface area contributed by atoms with Crippen LogP contribution in [-0.2, 0) is 21.2 Å². The summed E-state index contributed by atoms with van der Waals surface area (Å²) in [6.45, 7) is 5.18. The number of hydrogen-bond acceptors (Lipinski definition) is 4. The normalized spacial score (nSPS) is 19.9. The van der Waals surface area contributed by atoms with Crippen molar-refractivity contribution >= 4 is 28.3 Å². The molecule has 0 aliphatic heterocycles. The summed E-state index contributed by atoms with van der Waals surface area (Å²) in [5.74, 6) is 0.424. The Bertz CT molecular complexity index is 706. The van der Waals surface area contributed by atoms with Gasteiger partial charge in [-0.3, -0.25) is 4.79 Å². The third-order valence-corrected chi connectivity index (χ3v) is 7.53. The van der Waals surface area contributed by atoms with E-state index in [1.165, 1.54) is 10.7 Å². The van der Waals surface area contributed by atoms with Gasteiger partial charge in [-0.1, -0.05) is 38.8 Å². The summed E-state index contributed by atoms with van der Waals surface area (Å²) in [5, 5.41) is 3.13. The van der Waals surface area contributed by atoms with Gasteiger partial charge in [-0.25, -0.2) is 8.42 Å². The van der Waals surface area contributed by atoms with Crippen LogP contribution < -0.4 is 11.1 Å². The molecule has 1 aliphatic rings. The van der Waals surface area contributed by atoms with Crippen molar-refractivity contribution < 1.29 is 13.2 Å². The molecule has 1 aliphatic carbocycles. The van der Waals surface area contributed by atoms with Crippen molar-refractivity contribution in [2.24, 2.45) is 11.7 Å². The molecule has 1 aromatic carbocycles. The molecule has 1 amide bonds. The molecule has 2 rings (SSSR count). The van der Waals surface area contributed by atoms with Gasteiger partial charge in [0.1, 0.15) is 0 Å². The van der Waals surface area contributed by atoms with Crippen molar-refractivity contribution in [3.63, 3.8) is 0 Å². The van der Waals surface area contributed by atoms with Gasteiger partial charge in [-0.2, -0.15) is 4.31 Å². The van der Waals surface area contributed by atoms with Crippen LogP contribution >= 0.6 is 12.4 Å². The number of hydrogen-bond donors (Lipinski definition) is 2. The number of nitrogens with zero attached hydrogens (tertiary/aromatic N) is 1. The summed E-state index contributed by atoms with van der Waals surface area (Å²) in [4.78, 5) is 12.6. The number of carbonyl (C=O) groups excluding carboxylic acids is 1. The van der Waals surface area contributed by atoms with Gasteiger partial charge in [-0.05, 0) is 49.4 Å². The zero-order valence-corrected chi connectivity index (χ0v) is 18.5. The van der Waals surface area contributed by atoms with Crippen molar-refractivity contribution in [1.29, 1.82) is 0 Å². The van der Waals surface area contributed by atoms with E-state index in [9.17, 15) is 13.2 Å². The molecule has 8 heteroatoms. The van der Waals surface area contributed by atoms with Gasteiger partial charge in [0.25, 0.3) is 0 Å². The van der Waals surface area contributed by atoms with Crippen LogP contribution in [0.4, 0.5) is 0 Å². The third-order valence-electron chi connectivity index (χ3n) is 5.47. The highest BCUT2D eigenvalue weighted by Crippen LogP contribution is 2.23. The summed E-state index contributed by atoms with van der Waals surface area (Å²) in [7, 11) is -3.44. The minimum Gasteiger partial charge on any atom is -0.353 e. The van der Waals surface area contributed by atoms with Crippen LogP contribution in [0.25, 0.3) is 0 Å². The van der Waals surface area contributed by atoms with E-state index in [2.05, 4.69) is 5.32 Å². The van der Waals surface area contributed by atoms with Gasteiger partial charge in [0, 0.05) is 25.6 Å². The monoisotopic (exact) mass is 431 g/mol. The number of sulfonamides is 1. The van der Waals surface area contributed by atoms with Gasteiger partial charge in [-0.15, -0.1) is 12.4 Å². The molecule has 6 nitrogen and oxygen atoms in total. The number of rotatable bonds is 9. The van der Waals surface area contributed by atoms with E-state index in [0.29, 0.717) is 43.3 Å². The Morgan fingerprint density at radius 3 is 2.32 bits per heavy atom. The molecule has 3 N–H and O–H groups in total. The SMILES string of the molecule is CCN(CC)S(=O)(=O)c1ccc(CCC(=O)NC2CCCCC2CN)cc1.Cl. The first-order valence-electron chi connectivity index (χ1n) is 10.0. The topological polar surface area (TPSA) is 92.5 Å². The molecule has 0 saturated heterocycles. The zero-order chi connectivity index (χ0) is 19.9. The largest absolute Gasteiger partial charge is 0.353 e. The quantitative estimate of drug-likeness (QED) is 0.628. The van der Waals surface area contributed by atoms with Crippen LogP contribution in [0.2, 0.25) is 0 Å². The lowest BCUT2D eigenvalue weighted by molar-refractivity contribution is -0.122. The standard InChI is InChI=1S/C20H33N3O3S.ClH/c1-3-23(4-2)27(25,26)18-12-9-16(10-13-18)11-14-20(24)22-19-8-6-5-7-17(19)15-21;/h9-10,12-13,17,19H,3-8,11,14-15,21H2,1-2H3,(H,22,24);1H. The molecule has 0 aromatic heterocycles. The maximum Gasteiger partial charge on any atom is 0.243 e. The van der Waals surface area contributed by atoms with E-state index in [4.69, 9.17) is 5.73 Å². The number of nitrogens with two attached hydrogens (primary N) is 1. The second kappa shape index (κ2) is 11.8. The van der Waals surface area contributed by atoms with Crippen LogP contribution in [0, 0.1) is 5.92 Å². The van der Waals surface area contributed by atoms with Crippen molar-refractivity contribution in [3.05, 3.63) is 29.8 Å². The fraction of sp³-hybridized carbons (Fsp3) is 0.650. The molecule has 0 bridgehead atoms. The second-order valence-corrected chi connectivity index (χ2v) is 9.13. The van der Waals surface area contributed by atoms with Crippen molar-refractivity contribution in [2.45, 2.75) is 63.3 Å². The number of benzene rings is 1. The van der Waals surface area contributed by atoms with Crippen LogP contribution in [0.1, 0.15) is 51.5 Å². The maximum absolute atomic E-state index is 12.5. The number of amides is 1. The van der Waals surface area contributed by atoms with E-state index >= 15 is 0 Å². The van der Waals surface area contributed by atoms with Crippen molar-refractivity contribution in [3.8, 4) is 0 Å². The fourth-order valence-electron chi connectivity index (χ4n) is 3.76. The molecule has 0 heterocycles. The number of aryl methyl sites for hydroxylation is 1. The molecular formula is C20H34ClN3O3S. The minimum absolute atomic E-state index is 0. The lowest BCUT2D eigenvalue weighted by Crippen LogP contribution is -2.44. The third kappa shape index (κ3) is 6.44. The highest BCUT2D eigenvalue weighted by Gasteiger charge is 2.25.